The van der Waals surface area contributed by atoms with Crippen molar-refractivity contribution in [1.82, 2.24) is 20.8 Å². The number of anilines is 3. The van der Waals surface area contributed by atoms with Crippen LogP contribution < -0.4 is 35.9 Å². The average molecular weight is 510 g/mol. The molecule has 4 heterocycles. The summed E-state index contributed by atoms with van der Waals surface area (Å²) in [5.41, 5.74) is 8.51. The summed E-state index contributed by atoms with van der Waals surface area (Å²) in [6.07, 6.45) is 4.79. The van der Waals surface area contributed by atoms with Crippen LogP contribution in [0.3, 0.4) is 0 Å². The fourth-order valence-electron chi connectivity index (χ4n) is 7.02. The molecule has 6 atom stereocenters. The highest BCUT2D eigenvalue weighted by molar-refractivity contribution is 6.09. The normalized spacial score (nSPS) is 34.0. The number of methoxy groups -OCH3 is 2. The fourth-order valence-corrected chi connectivity index (χ4v) is 7.02. The molecule has 1 spiro atoms. The SMILES string of the molecule is COc1ccc2c(c1)[C@]1(C[C@H]1C1CCC3C(C1)NNC3Nc1nc(N3CC(F)C3)ncc1OC)C(=O)N2. The fraction of sp³-hybridized carbons (Fsp3) is 0.577. The molecule has 2 saturated heterocycles. The first-order chi connectivity index (χ1) is 18.0. The molecule has 2 aromatic rings. The van der Waals surface area contributed by atoms with Crippen molar-refractivity contribution in [2.24, 2.45) is 17.8 Å². The maximum atomic E-state index is 13.3. The minimum absolute atomic E-state index is 0.0270. The number of hydrazine groups is 1. The highest BCUT2D eigenvalue weighted by Gasteiger charge is 2.67. The smallest absolute Gasteiger partial charge is 0.235 e. The van der Waals surface area contributed by atoms with Gasteiger partial charge in [0.2, 0.25) is 11.9 Å². The van der Waals surface area contributed by atoms with Crippen molar-refractivity contribution in [3.8, 4) is 11.5 Å². The lowest BCUT2D eigenvalue weighted by atomic mass is 9.74. The third kappa shape index (κ3) is 3.54. The van der Waals surface area contributed by atoms with Crippen LogP contribution in [0.5, 0.6) is 11.5 Å². The molecule has 7 rings (SSSR count). The van der Waals surface area contributed by atoms with Crippen molar-refractivity contribution < 1.29 is 18.7 Å². The Morgan fingerprint density at radius 1 is 1.19 bits per heavy atom. The minimum atomic E-state index is -0.824. The summed E-state index contributed by atoms with van der Waals surface area (Å²) >= 11 is 0. The number of fused-ring (bicyclic) bond motifs is 3. The number of ether oxygens (including phenoxy) is 2. The van der Waals surface area contributed by atoms with Crippen LogP contribution in [0.4, 0.5) is 21.8 Å². The second-order valence-electron chi connectivity index (χ2n) is 11.0. The highest BCUT2D eigenvalue weighted by atomic mass is 19.1. The van der Waals surface area contributed by atoms with E-state index >= 15 is 0 Å². The van der Waals surface area contributed by atoms with Gasteiger partial charge in [0, 0.05) is 17.6 Å². The summed E-state index contributed by atoms with van der Waals surface area (Å²) in [5.74, 6) is 3.77. The number of halogens is 1. The van der Waals surface area contributed by atoms with E-state index in [4.69, 9.17) is 9.47 Å². The van der Waals surface area contributed by atoms with E-state index in [1.807, 2.05) is 23.1 Å². The lowest BCUT2D eigenvalue weighted by Gasteiger charge is -2.35. The number of benzene rings is 1. The zero-order valence-electron chi connectivity index (χ0n) is 21.0. The molecule has 10 nitrogen and oxygen atoms in total. The van der Waals surface area contributed by atoms with Gasteiger partial charge in [-0.3, -0.25) is 10.2 Å². The molecule has 5 aliphatic rings. The molecule has 2 saturated carbocycles. The Hall–Kier alpha value is -3.18. The van der Waals surface area contributed by atoms with Gasteiger partial charge in [0.05, 0.1) is 45.1 Å². The van der Waals surface area contributed by atoms with E-state index in [2.05, 4.69) is 31.5 Å². The molecule has 4 N–H and O–H groups in total. The monoisotopic (exact) mass is 509 g/mol. The number of hydrogen-bond donors (Lipinski definition) is 4. The van der Waals surface area contributed by atoms with Gasteiger partial charge < -0.3 is 25.0 Å². The van der Waals surface area contributed by atoms with Crippen molar-refractivity contribution in [3.63, 3.8) is 0 Å². The molecule has 4 unspecified atom stereocenters. The van der Waals surface area contributed by atoms with Crippen LogP contribution in [0.1, 0.15) is 31.2 Å². The minimum Gasteiger partial charge on any atom is -0.497 e. The standard InChI is InChI=1S/C26H32FN7O3/c1-36-15-4-6-19-17(8-15)26(24(35)29-19)9-18(26)13-3-5-16-20(7-13)32-33-22(16)30-23-21(37-2)10-28-25(31-23)34-11-14(27)12-34/h4,6,8,10,13-14,16,18,20,22,32-33H,3,5,7,9,11-12H2,1-2H3,(H,29,35)(H,28,30,31)/t13?,16?,18-,20?,22?,26-/m0/s1. The molecule has 0 bridgehead atoms. The molecule has 1 aromatic carbocycles. The van der Waals surface area contributed by atoms with Crippen LogP contribution >= 0.6 is 0 Å². The number of amides is 1. The first kappa shape index (κ1) is 23.0. The molecule has 11 heteroatoms. The summed E-state index contributed by atoms with van der Waals surface area (Å²) in [7, 11) is 3.26. The van der Waals surface area contributed by atoms with Crippen LogP contribution in [0.2, 0.25) is 0 Å². The summed E-state index contributed by atoms with van der Waals surface area (Å²) in [4.78, 5) is 23.9. The predicted molar refractivity (Wildman–Crippen MR) is 135 cm³/mol. The van der Waals surface area contributed by atoms with E-state index in [1.54, 1.807) is 20.4 Å². The second-order valence-corrected chi connectivity index (χ2v) is 11.0. The van der Waals surface area contributed by atoms with E-state index in [9.17, 15) is 9.18 Å². The molecule has 3 aliphatic heterocycles. The topological polar surface area (TPSA) is 113 Å². The molecule has 2 aliphatic carbocycles. The van der Waals surface area contributed by atoms with Gasteiger partial charge in [0.25, 0.3) is 0 Å². The van der Waals surface area contributed by atoms with Crippen LogP contribution in [0.15, 0.2) is 24.4 Å². The van der Waals surface area contributed by atoms with Gasteiger partial charge in [-0.05, 0) is 61.3 Å². The molecule has 1 aromatic heterocycles. The lowest BCUT2D eigenvalue weighted by Crippen LogP contribution is -2.49. The Bertz CT molecular complexity index is 1240. The predicted octanol–water partition coefficient (Wildman–Crippen LogP) is 2.19. The van der Waals surface area contributed by atoms with Gasteiger partial charge in [-0.1, -0.05) is 0 Å². The van der Waals surface area contributed by atoms with E-state index in [1.165, 1.54) is 0 Å². The van der Waals surface area contributed by atoms with Crippen LogP contribution in [-0.2, 0) is 10.2 Å². The van der Waals surface area contributed by atoms with Crippen molar-refractivity contribution in [2.45, 2.75) is 49.5 Å². The maximum Gasteiger partial charge on any atom is 0.235 e. The second kappa shape index (κ2) is 8.42. The van der Waals surface area contributed by atoms with Crippen molar-refractivity contribution in [2.75, 3.05) is 42.8 Å². The average Bonchev–Trinajstić information content (AvgIpc) is 3.45. The zero-order chi connectivity index (χ0) is 25.3. The van der Waals surface area contributed by atoms with Gasteiger partial charge in [0.1, 0.15) is 11.9 Å². The molecular formula is C26H32FN7O3. The quantitative estimate of drug-likeness (QED) is 0.466. The van der Waals surface area contributed by atoms with E-state index < -0.39 is 11.6 Å². The first-order valence-electron chi connectivity index (χ1n) is 13.1. The lowest BCUT2D eigenvalue weighted by molar-refractivity contribution is -0.118. The third-order valence-electron chi connectivity index (χ3n) is 9.12. The molecule has 1 amide bonds. The van der Waals surface area contributed by atoms with Crippen LogP contribution in [0, 0.1) is 17.8 Å². The zero-order valence-corrected chi connectivity index (χ0v) is 21.0. The van der Waals surface area contributed by atoms with Gasteiger partial charge in [-0.25, -0.2) is 14.8 Å². The van der Waals surface area contributed by atoms with Crippen molar-refractivity contribution >= 4 is 23.4 Å². The molecule has 37 heavy (non-hydrogen) atoms. The largest absolute Gasteiger partial charge is 0.497 e. The summed E-state index contributed by atoms with van der Waals surface area (Å²) < 4.78 is 24.3. The van der Waals surface area contributed by atoms with Crippen molar-refractivity contribution in [3.05, 3.63) is 30.0 Å². The number of aromatic nitrogens is 2. The Balaban J connectivity index is 1.04. The number of carbonyl (C=O) groups is 1. The number of nitrogens with one attached hydrogen (secondary N) is 4. The van der Waals surface area contributed by atoms with E-state index in [0.29, 0.717) is 48.4 Å². The van der Waals surface area contributed by atoms with Crippen LogP contribution in [-0.4, -0.2) is 61.6 Å². The molecule has 0 radical (unpaired) electrons. The van der Waals surface area contributed by atoms with Gasteiger partial charge in [0.15, 0.2) is 11.6 Å². The first-order valence-corrected chi connectivity index (χ1v) is 13.1. The van der Waals surface area contributed by atoms with E-state index in [-0.39, 0.29) is 18.1 Å². The van der Waals surface area contributed by atoms with Gasteiger partial charge in [-0.2, -0.15) is 4.98 Å². The molecule has 4 fully saturated rings. The Morgan fingerprint density at radius 2 is 2.05 bits per heavy atom. The van der Waals surface area contributed by atoms with Gasteiger partial charge >= 0.3 is 0 Å². The number of hydrogen-bond acceptors (Lipinski definition) is 9. The van der Waals surface area contributed by atoms with Crippen LogP contribution in [0.25, 0.3) is 0 Å². The van der Waals surface area contributed by atoms with Gasteiger partial charge in [-0.15, -0.1) is 0 Å². The summed E-state index contributed by atoms with van der Waals surface area (Å²) in [6, 6.07) is 6.18. The highest BCUT2D eigenvalue weighted by Crippen LogP contribution is 2.65. The third-order valence-corrected chi connectivity index (χ3v) is 9.12. The Morgan fingerprint density at radius 3 is 2.84 bits per heavy atom. The Kier molecular flexibility index (Phi) is 5.23. The number of rotatable bonds is 6. The number of alkyl halides is 1. The number of nitrogens with zero attached hydrogens (tertiary/aromatic N) is 3. The van der Waals surface area contributed by atoms with Crippen molar-refractivity contribution in [1.29, 1.82) is 0 Å². The van der Waals surface area contributed by atoms with E-state index in [0.717, 1.165) is 42.7 Å². The number of carbonyl (C=O) groups excluding carboxylic acids is 1. The molecular weight excluding hydrogens is 477 g/mol. The maximum absolute atomic E-state index is 13.3. The summed E-state index contributed by atoms with van der Waals surface area (Å²) in [6.45, 7) is 0.637. The molecule has 196 valence electrons. The summed E-state index contributed by atoms with van der Waals surface area (Å²) in [5, 5.41) is 6.61. The Labute approximate surface area is 214 Å².